The summed E-state index contributed by atoms with van der Waals surface area (Å²) in [6.07, 6.45) is 3.16. The maximum Gasteiger partial charge on any atom is 0.119 e. The molecule has 1 atom stereocenters. The molecule has 0 aliphatic carbocycles. The van der Waals surface area contributed by atoms with Crippen LogP contribution in [0.15, 0.2) is 48.8 Å². The predicted molar refractivity (Wildman–Crippen MR) is 87.4 cm³/mol. The Morgan fingerprint density at radius 2 is 1.76 bits per heavy atom. The minimum absolute atomic E-state index is 0.0799. The minimum Gasteiger partial charge on any atom is -0.497 e. The van der Waals surface area contributed by atoms with Crippen LogP contribution in [0.4, 0.5) is 0 Å². The standard InChI is InChI=1S/C17H23N3O/c1-12(2)17(20(19)9-8-18)15-5-4-14-11-16(21-3)7-6-13(14)10-15/h4-12,17H,18-19H2,1-3H3/b9-8-. The van der Waals surface area contributed by atoms with Crippen LogP contribution in [0.5, 0.6) is 5.75 Å². The summed E-state index contributed by atoms with van der Waals surface area (Å²) in [5.74, 6) is 7.32. The molecule has 0 aliphatic rings. The maximum atomic E-state index is 6.10. The second-order valence-electron chi connectivity index (χ2n) is 5.45. The molecule has 112 valence electrons. The normalized spacial score (nSPS) is 13.0. The SMILES string of the molecule is COc1ccc2cc(C(C(C)C)N(N)/C=C\N)ccc2c1. The maximum absolute atomic E-state index is 6.10. The van der Waals surface area contributed by atoms with Crippen molar-refractivity contribution in [3.8, 4) is 5.75 Å². The van der Waals surface area contributed by atoms with Gasteiger partial charge in [0.2, 0.25) is 0 Å². The Kier molecular flexibility index (Phi) is 4.70. The molecule has 1 unspecified atom stereocenters. The van der Waals surface area contributed by atoms with Crippen LogP contribution in [0, 0.1) is 5.92 Å². The van der Waals surface area contributed by atoms with E-state index >= 15 is 0 Å². The van der Waals surface area contributed by atoms with Crippen molar-refractivity contribution in [2.75, 3.05) is 7.11 Å². The molecule has 0 aromatic heterocycles. The summed E-state index contributed by atoms with van der Waals surface area (Å²) in [7, 11) is 1.68. The summed E-state index contributed by atoms with van der Waals surface area (Å²) in [6.45, 7) is 4.29. The summed E-state index contributed by atoms with van der Waals surface area (Å²) >= 11 is 0. The van der Waals surface area contributed by atoms with Gasteiger partial charge in [0.05, 0.1) is 13.2 Å². The zero-order valence-corrected chi connectivity index (χ0v) is 12.8. The van der Waals surface area contributed by atoms with Gasteiger partial charge >= 0.3 is 0 Å². The van der Waals surface area contributed by atoms with Crippen molar-refractivity contribution in [2.24, 2.45) is 17.5 Å². The lowest BCUT2D eigenvalue weighted by Gasteiger charge is -2.30. The van der Waals surface area contributed by atoms with Crippen molar-refractivity contribution in [3.05, 3.63) is 54.4 Å². The Bertz CT molecular complexity index is 637. The Morgan fingerprint density at radius 3 is 2.38 bits per heavy atom. The third-order valence-corrected chi connectivity index (χ3v) is 3.62. The van der Waals surface area contributed by atoms with Gasteiger partial charge in [-0.1, -0.05) is 32.0 Å². The molecule has 4 N–H and O–H groups in total. The lowest BCUT2D eigenvalue weighted by molar-refractivity contribution is 0.227. The molecule has 0 saturated heterocycles. The first-order valence-corrected chi connectivity index (χ1v) is 7.06. The summed E-state index contributed by atoms with van der Waals surface area (Å²) in [5, 5.41) is 3.98. The highest BCUT2D eigenvalue weighted by molar-refractivity contribution is 5.84. The van der Waals surface area contributed by atoms with Gasteiger partial charge in [-0.05, 0) is 40.5 Å². The Hall–Kier alpha value is -2.20. The highest BCUT2D eigenvalue weighted by Crippen LogP contribution is 2.30. The minimum atomic E-state index is 0.0799. The number of rotatable bonds is 5. The number of benzene rings is 2. The van der Waals surface area contributed by atoms with Gasteiger partial charge in [-0.2, -0.15) is 0 Å². The van der Waals surface area contributed by atoms with Gasteiger partial charge < -0.3 is 15.5 Å². The van der Waals surface area contributed by atoms with E-state index in [1.807, 2.05) is 12.1 Å². The molecule has 4 nitrogen and oxygen atoms in total. The average Bonchev–Trinajstić information content (AvgIpc) is 2.46. The van der Waals surface area contributed by atoms with Crippen molar-refractivity contribution < 1.29 is 4.74 Å². The smallest absolute Gasteiger partial charge is 0.119 e. The molecule has 0 saturated carbocycles. The average molecular weight is 285 g/mol. The lowest BCUT2D eigenvalue weighted by Crippen LogP contribution is -2.33. The molecule has 0 radical (unpaired) electrons. The topological polar surface area (TPSA) is 64.5 Å². The monoisotopic (exact) mass is 285 g/mol. The second kappa shape index (κ2) is 6.50. The fourth-order valence-electron chi connectivity index (χ4n) is 2.65. The fourth-order valence-corrected chi connectivity index (χ4v) is 2.65. The van der Waals surface area contributed by atoms with Crippen LogP contribution in [0.2, 0.25) is 0 Å². The highest BCUT2D eigenvalue weighted by Gasteiger charge is 2.19. The zero-order valence-electron chi connectivity index (χ0n) is 12.8. The summed E-state index contributed by atoms with van der Waals surface area (Å²) in [6, 6.07) is 12.5. The Balaban J connectivity index is 2.44. The Morgan fingerprint density at radius 1 is 1.10 bits per heavy atom. The van der Waals surface area contributed by atoms with Crippen LogP contribution < -0.4 is 16.3 Å². The quantitative estimate of drug-likeness (QED) is 0.654. The van der Waals surface area contributed by atoms with E-state index in [-0.39, 0.29) is 6.04 Å². The van der Waals surface area contributed by atoms with Gasteiger partial charge in [0.1, 0.15) is 5.75 Å². The first-order valence-electron chi connectivity index (χ1n) is 7.06. The molecule has 2 aromatic carbocycles. The molecule has 2 rings (SSSR count). The van der Waals surface area contributed by atoms with E-state index in [0.29, 0.717) is 5.92 Å². The van der Waals surface area contributed by atoms with E-state index in [9.17, 15) is 0 Å². The number of hydrogen-bond donors (Lipinski definition) is 2. The number of fused-ring (bicyclic) bond motifs is 1. The van der Waals surface area contributed by atoms with Crippen LogP contribution in [0.1, 0.15) is 25.5 Å². The van der Waals surface area contributed by atoms with E-state index in [0.717, 1.165) is 11.1 Å². The number of ether oxygens (including phenoxy) is 1. The summed E-state index contributed by atoms with van der Waals surface area (Å²) < 4.78 is 5.26. The van der Waals surface area contributed by atoms with Gasteiger partial charge in [-0.3, -0.25) is 0 Å². The fraction of sp³-hybridized carbons (Fsp3) is 0.294. The molecule has 21 heavy (non-hydrogen) atoms. The van der Waals surface area contributed by atoms with E-state index in [1.54, 1.807) is 18.3 Å². The van der Waals surface area contributed by atoms with Crippen LogP contribution in [-0.2, 0) is 0 Å². The van der Waals surface area contributed by atoms with Crippen LogP contribution in [-0.4, -0.2) is 12.1 Å². The van der Waals surface area contributed by atoms with Crippen LogP contribution in [0.25, 0.3) is 10.8 Å². The molecule has 0 aliphatic heterocycles. The third kappa shape index (κ3) is 3.28. The third-order valence-electron chi connectivity index (χ3n) is 3.62. The molecule has 2 aromatic rings. The number of nitrogens with two attached hydrogens (primary N) is 2. The summed E-state index contributed by atoms with van der Waals surface area (Å²) in [5.41, 5.74) is 6.62. The van der Waals surface area contributed by atoms with E-state index in [4.69, 9.17) is 16.3 Å². The van der Waals surface area contributed by atoms with Crippen molar-refractivity contribution >= 4 is 10.8 Å². The summed E-state index contributed by atoms with van der Waals surface area (Å²) in [4.78, 5) is 0. The zero-order chi connectivity index (χ0) is 15.4. The molecular formula is C17H23N3O. The molecule has 0 bridgehead atoms. The van der Waals surface area contributed by atoms with Gasteiger partial charge in [0.15, 0.2) is 0 Å². The second-order valence-corrected chi connectivity index (χ2v) is 5.45. The predicted octanol–water partition coefficient (Wildman–Crippen LogP) is 3.15. The van der Waals surface area contributed by atoms with Gasteiger partial charge in [-0.15, -0.1) is 0 Å². The Labute approximate surface area is 126 Å². The van der Waals surface area contributed by atoms with E-state index < -0.39 is 0 Å². The molecule has 4 heteroatoms. The first-order chi connectivity index (χ1) is 10.1. The number of hydrogen-bond acceptors (Lipinski definition) is 4. The molecular weight excluding hydrogens is 262 g/mol. The number of nitrogens with zero attached hydrogens (tertiary/aromatic N) is 1. The number of methoxy groups -OCH3 is 1. The van der Waals surface area contributed by atoms with E-state index in [1.165, 1.54) is 17.1 Å². The van der Waals surface area contributed by atoms with Crippen LogP contribution in [0.3, 0.4) is 0 Å². The highest BCUT2D eigenvalue weighted by atomic mass is 16.5. The molecule has 0 fully saturated rings. The molecule has 0 amide bonds. The van der Waals surface area contributed by atoms with Gasteiger partial charge in [-0.25, -0.2) is 5.84 Å². The van der Waals surface area contributed by atoms with Crippen LogP contribution >= 0.6 is 0 Å². The van der Waals surface area contributed by atoms with Gasteiger partial charge in [0, 0.05) is 12.4 Å². The van der Waals surface area contributed by atoms with Crippen molar-refractivity contribution in [1.82, 2.24) is 5.01 Å². The van der Waals surface area contributed by atoms with E-state index in [2.05, 4.69) is 38.1 Å². The van der Waals surface area contributed by atoms with Crippen molar-refractivity contribution in [3.63, 3.8) is 0 Å². The first kappa shape index (κ1) is 15.2. The largest absolute Gasteiger partial charge is 0.497 e. The molecule has 0 spiro atoms. The number of hydrazine groups is 1. The lowest BCUT2D eigenvalue weighted by atomic mass is 9.93. The van der Waals surface area contributed by atoms with Crippen molar-refractivity contribution in [1.29, 1.82) is 0 Å². The van der Waals surface area contributed by atoms with Crippen molar-refractivity contribution in [2.45, 2.75) is 19.9 Å². The molecule has 0 heterocycles. The van der Waals surface area contributed by atoms with Gasteiger partial charge in [0.25, 0.3) is 0 Å².